The van der Waals surface area contributed by atoms with Gasteiger partial charge in [0.05, 0.1) is 30.2 Å². The van der Waals surface area contributed by atoms with Crippen molar-refractivity contribution in [1.82, 2.24) is 4.90 Å². The zero-order valence-corrected chi connectivity index (χ0v) is 12.1. The zero-order chi connectivity index (χ0) is 15.6. The van der Waals surface area contributed by atoms with Crippen LogP contribution in [0.3, 0.4) is 0 Å². The molecule has 0 N–H and O–H groups in total. The number of carbonyl (C=O) groups is 1. The van der Waals surface area contributed by atoms with Crippen LogP contribution in [0.2, 0.25) is 0 Å². The van der Waals surface area contributed by atoms with Crippen LogP contribution in [-0.4, -0.2) is 42.0 Å². The normalized spacial score (nSPS) is 23.2. The second-order valence-electron chi connectivity index (χ2n) is 4.99. The highest BCUT2D eigenvalue weighted by Gasteiger charge is 2.32. The molecular formula is C14H15ClF3NO2. The highest BCUT2D eigenvalue weighted by Crippen LogP contribution is 2.29. The Labute approximate surface area is 125 Å². The molecule has 0 spiro atoms. The number of alkyl halides is 4. The first-order valence-electron chi connectivity index (χ1n) is 6.48. The van der Waals surface area contributed by atoms with Gasteiger partial charge in [0.15, 0.2) is 0 Å². The van der Waals surface area contributed by atoms with Gasteiger partial charge < -0.3 is 9.64 Å². The third-order valence-electron chi connectivity index (χ3n) is 3.40. The minimum absolute atomic E-state index is 0.140. The number of ether oxygens (including phenoxy) is 1. The fraction of sp³-hybridized carbons (Fsp3) is 0.500. The quantitative estimate of drug-likeness (QED) is 0.783. The van der Waals surface area contributed by atoms with Crippen molar-refractivity contribution in [2.24, 2.45) is 0 Å². The van der Waals surface area contributed by atoms with E-state index in [1.807, 2.05) is 6.92 Å². The predicted molar refractivity (Wildman–Crippen MR) is 72.4 cm³/mol. The van der Waals surface area contributed by atoms with E-state index in [1.54, 1.807) is 4.90 Å². The molecule has 0 aromatic heterocycles. The van der Waals surface area contributed by atoms with E-state index in [-0.39, 0.29) is 29.5 Å². The Hall–Kier alpha value is -1.27. The lowest BCUT2D eigenvalue weighted by atomic mass is 10.1. The van der Waals surface area contributed by atoms with E-state index in [2.05, 4.69) is 0 Å². The van der Waals surface area contributed by atoms with Gasteiger partial charge in [-0.15, -0.1) is 11.6 Å². The molecule has 0 radical (unpaired) electrons. The van der Waals surface area contributed by atoms with Crippen LogP contribution in [0.4, 0.5) is 13.2 Å². The van der Waals surface area contributed by atoms with Crippen molar-refractivity contribution in [3.63, 3.8) is 0 Å². The molecule has 1 aliphatic heterocycles. The molecule has 116 valence electrons. The van der Waals surface area contributed by atoms with E-state index >= 15 is 0 Å². The number of carbonyl (C=O) groups excluding carboxylic acids is 1. The fourth-order valence-electron chi connectivity index (χ4n) is 2.16. The molecule has 0 bridgehead atoms. The smallest absolute Gasteiger partial charge is 0.373 e. The molecule has 7 heteroatoms. The molecule has 1 fully saturated rings. The number of halogens is 4. The van der Waals surface area contributed by atoms with Gasteiger partial charge in [0.1, 0.15) is 0 Å². The van der Waals surface area contributed by atoms with Crippen LogP contribution in [0.5, 0.6) is 0 Å². The van der Waals surface area contributed by atoms with E-state index in [1.165, 1.54) is 12.1 Å². The number of hydrogen-bond acceptors (Lipinski definition) is 2. The molecule has 1 heterocycles. The van der Waals surface area contributed by atoms with Gasteiger partial charge in [-0.05, 0) is 31.2 Å². The molecule has 0 saturated carbocycles. The largest absolute Gasteiger partial charge is 0.416 e. The minimum atomic E-state index is -4.41. The number of amides is 1. The van der Waals surface area contributed by atoms with Crippen molar-refractivity contribution in [3.05, 3.63) is 35.4 Å². The van der Waals surface area contributed by atoms with Crippen LogP contribution < -0.4 is 0 Å². The highest BCUT2D eigenvalue weighted by atomic mass is 35.5. The maximum absolute atomic E-state index is 12.5. The topological polar surface area (TPSA) is 29.5 Å². The third kappa shape index (κ3) is 3.68. The lowest BCUT2D eigenvalue weighted by Gasteiger charge is -2.37. The van der Waals surface area contributed by atoms with Gasteiger partial charge in [-0.25, -0.2) is 0 Å². The molecule has 1 aromatic carbocycles. The van der Waals surface area contributed by atoms with Gasteiger partial charge in [0.2, 0.25) is 0 Å². The lowest BCUT2D eigenvalue weighted by molar-refractivity contribution is -0.137. The summed E-state index contributed by atoms with van der Waals surface area (Å²) in [6.45, 7) is 2.53. The molecule has 1 aliphatic rings. The predicted octanol–water partition coefficient (Wildman–Crippen LogP) is 3.17. The van der Waals surface area contributed by atoms with Crippen molar-refractivity contribution in [2.75, 3.05) is 19.0 Å². The van der Waals surface area contributed by atoms with Crippen molar-refractivity contribution in [1.29, 1.82) is 0 Å². The molecular weight excluding hydrogens is 307 g/mol. The Morgan fingerprint density at radius 3 is 2.52 bits per heavy atom. The number of benzene rings is 1. The van der Waals surface area contributed by atoms with Crippen LogP contribution in [0.1, 0.15) is 22.8 Å². The summed E-state index contributed by atoms with van der Waals surface area (Å²) in [5.41, 5.74) is -0.544. The van der Waals surface area contributed by atoms with Gasteiger partial charge in [-0.1, -0.05) is 0 Å². The van der Waals surface area contributed by atoms with Crippen molar-refractivity contribution in [3.8, 4) is 0 Å². The van der Waals surface area contributed by atoms with Gasteiger partial charge in [0.25, 0.3) is 5.91 Å². The number of morpholine rings is 1. The first-order valence-corrected chi connectivity index (χ1v) is 7.02. The number of rotatable bonds is 2. The molecule has 2 atom stereocenters. The summed E-state index contributed by atoms with van der Waals surface area (Å²) in [4.78, 5) is 14.0. The molecule has 21 heavy (non-hydrogen) atoms. The second-order valence-corrected chi connectivity index (χ2v) is 5.30. The summed E-state index contributed by atoms with van der Waals surface area (Å²) in [6, 6.07) is 4.08. The van der Waals surface area contributed by atoms with Crippen molar-refractivity contribution in [2.45, 2.75) is 25.2 Å². The lowest BCUT2D eigenvalue weighted by Crippen LogP contribution is -2.51. The van der Waals surface area contributed by atoms with Crippen LogP contribution in [-0.2, 0) is 10.9 Å². The summed E-state index contributed by atoms with van der Waals surface area (Å²) >= 11 is 5.73. The molecule has 0 aliphatic carbocycles. The fourth-order valence-corrected chi connectivity index (χ4v) is 2.35. The number of hydrogen-bond donors (Lipinski definition) is 0. The molecule has 1 amide bonds. The monoisotopic (exact) mass is 321 g/mol. The average Bonchev–Trinajstić information content (AvgIpc) is 2.46. The summed E-state index contributed by atoms with van der Waals surface area (Å²) < 4.78 is 43.0. The Morgan fingerprint density at radius 2 is 2.00 bits per heavy atom. The summed E-state index contributed by atoms with van der Waals surface area (Å²) in [7, 11) is 0. The highest BCUT2D eigenvalue weighted by molar-refractivity contribution is 6.18. The molecule has 2 rings (SSSR count). The molecule has 1 aromatic rings. The SMILES string of the molecule is CC1COC(CCl)CN1C(=O)c1ccc(C(F)(F)F)cc1. The van der Waals surface area contributed by atoms with Crippen molar-refractivity contribution >= 4 is 17.5 Å². The molecule has 3 nitrogen and oxygen atoms in total. The summed E-state index contributed by atoms with van der Waals surface area (Å²) in [5, 5.41) is 0. The van der Waals surface area contributed by atoms with Gasteiger partial charge in [-0.3, -0.25) is 4.79 Å². The van der Waals surface area contributed by atoms with Gasteiger partial charge >= 0.3 is 6.18 Å². The third-order valence-corrected chi connectivity index (χ3v) is 3.74. The first-order chi connectivity index (χ1) is 9.82. The molecule has 2 unspecified atom stereocenters. The van der Waals surface area contributed by atoms with Crippen LogP contribution >= 0.6 is 11.6 Å². The Morgan fingerprint density at radius 1 is 1.38 bits per heavy atom. The Balaban J connectivity index is 2.15. The van der Waals surface area contributed by atoms with Gasteiger partial charge in [-0.2, -0.15) is 13.2 Å². The van der Waals surface area contributed by atoms with E-state index in [4.69, 9.17) is 16.3 Å². The maximum Gasteiger partial charge on any atom is 0.416 e. The van der Waals surface area contributed by atoms with Crippen LogP contribution in [0, 0.1) is 0 Å². The molecule has 1 saturated heterocycles. The Kier molecular flexibility index (Phi) is 4.78. The van der Waals surface area contributed by atoms with Crippen LogP contribution in [0.25, 0.3) is 0 Å². The first kappa shape index (κ1) is 16.1. The summed E-state index contributed by atoms with van der Waals surface area (Å²) in [6.07, 6.45) is -4.65. The van der Waals surface area contributed by atoms with Crippen molar-refractivity contribution < 1.29 is 22.7 Å². The number of nitrogens with zero attached hydrogens (tertiary/aromatic N) is 1. The second kappa shape index (κ2) is 6.23. The summed E-state index contributed by atoms with van der Waals surface area (Å²) in [5.74, 6) is -0.0431. The Bertz CT molecular complexity index is 504. The van der Waals surface area contributed by atoms with E-state index in [9.17, 15) is 18.0 Å². The standard InChI is InChI=1S/C14H15ClF3NO2/c1-9-8-21-12(6-15)7-19(9)13(20)10-2-4-11(5-3-10)14(16,17)18/h2-5,9,12H,6-8H2,1H3. The maximum atomic E-state index is 12.5. The van der Waals surface area contributed by atoms with Crippen LogP contribution in [0.15, 0.2) is 24.3 Å². The van der Waals surface area contributed by atoms with E-state index < -0.39 is 11.7 Å². The average molecular weight is 322 g/mol. The zero-order valence-electron chi connectivity index (χ0n) is 11.4. The van der Waals surface area contributed by atoms with E-state index in [0.717, 1.165) is 12.1 Å². The van der Waals surface area contributed by atoms with E-state index in [0.29, 0.717) is 13.2 Å². The van der Waals surface area contributed by atoms with Gasteiger partial charge in [0, 0.05) is 12.1 Å². The minimum Gasteiger partial charge on any atom is -0.373 e.